The van der Waals surface area contributed by atoms with Crippen LogP contribution in [0.15, 0.2) is 53.6 Å². The maximum absolute atomic E-state index is 12.0. The van der Waals surface area contributed by atoms with Gasteiger partial charge in [0.15, 0.2) is 0 Å². The Kier molecular flexibility index (Phi) is 4.56. The number of hydrogen-bond donors (Lipinski definition) is 2. The van der Waals surface area contributed by atoms with E-state index in [0.717, 1.165) is 5.56 Å². The van der Waals surface area contributed by atoms with E-state index in [4.69, 9.17) is 10.5 Å². The number of carbonyl (C=O) groups excluding carboxylic acids is 1. The highest BCUT2D eigenvalue weighted by atomic mass is 16.5. The Morgan fingerprint density at radius 1 is 1.05 bits per heavy atom. The summed E-state index contributed by atoms with van der Waals surface area (Å²) in [5.74, 6) is 0.431. The Morgan fingerprint density at radius 3 is 2.19 bits per heavy atom. The highest BCUT2D eigenvalue weighted by Gasteiger charge is 2.05. The summed E-state index contributed by atoms with van der Waals surface area (Å²) in [6.45, 7) is 1.82. The molecule has 0 spiro atoms. The second-order valence-corrected chi connectivity index (χ2v) is 4.49. The molecular formula is C16H17N3O2. The second-order valence-electron chi connectivity index (χ2n) is 4.49. The number of benzene rings is 2. The number of nitrogens with one attached hydrogen (secondary N) is 1. The van der Waals surface area contributed by atoms with E-state index in [9.17, 15) is 4.79 Å². The van der Waals surface area contributed by atoms with Crippen molar-refractivity contribution in [3.05, 3.63) is 59.7 Å². The predicted molar refractivity (Wildman–Crippen MR) is 83.5 cm³/mol. The first kappa shape index (κ1) is 14.6. The molecule has 0 radical (unpaired) electrons. The van der Waals surface area contributed by atoms with Crippen molar-refractivity contribution < 1.29 is 9.53 Å². The second kappa shape index (κ2) is 6.56. The molecule has 0 saturated carbocycles. The van der Waals surface area contributed by atoms with Gasteiger partial charge in [0.2, 0.25) is 0 Å². The van der Waals surface area contributed by atoms with E-state index in [2.05, 4.69) is 10.5 Å². The SMILES string of the molecule is COc1ccc(C(=O)N/N=C(\C)c2ccc(N)cc2)cc1. The largest absolute Gasteiger partial charge is 0.497 e. The average Bonchev–Trinajstić information content (AvgIpc) is 2.53. The summed E-state index contributed by atoms with van der Waals surface area (Å²) in [6.07, 6.45) is 0. The van der Waals surface area contributed by atoms with Crippen LogP contribution < -0.4 is 15.9 Å². The topological polar surface area (TPSA) is 76.7 Å². The first-order valence-electron chi connectivity index (χ1n) is 6.45. The average molecular weight is 283 g/mol. The molecule has 0 aromatic heterocycles. The van der Waals surface area contributed by atoms with Crippen molar-refractivity contribution in [1.29, 1.82) is 0 Å². The van der Waals surface area contributed by atoms with Crippen molar-refractivity contribution in [2.24, 2.45) is 5.10 Å². The summed E-state index contributed by atoms with van der Waals surface area (Å²) in [5, 5.41) is 4.09. The predicted octanol–water partition coefficient (Wildman–Crippen LogP) is 2.43. The maximum atomic E-state index is 12.0. The van der Waals surface area contributed by atoms with Crippen LogP contribution in [-0.4, -0.2) is 18.7 Å². The van der Waals surface area contributed by atoms with Gasteiger partial charge < -0.3 is 10.5 Å². The van der Waals surface area contributed by atoms with Crippen LogP contribution in [0.25, 0.3) is 0 Å². The molecule has 0 saturated heterocycles. The summed E-state index contributed by atoms with van der Waals surface area (Å²) in [5.41, 5.74) is 11.0. The maximum Gasteiger partial charge on any atom is 0.271 e. The van der Waals surface area contributed by atoms with Crippen molar-refractivity contribution >= 4 is 17.3 Å². The van der Waals surface area contributed by atoms with E-state index < -0.39 is 0 Å². The number of anilines is 1. The van der Waals surface area contributed by atoms with Crippen LogP contribution in [0.4, 0.5) is 5.69 Å². The molecule has 0 aliphatic heterocycles. The van der Waals surface area contributed by atoms with Crippen molar-refractivity contribution in [2.45, 2.75) is 6.92 Å². The van der Waals surface area contributed by atoms with E-state index in [1.54, 1.807) is 43.5 Å². The number of nitrogens with two attached hydrogens (primary N) is 1. The van der Waals surface area contributed by atoms with Crippen LogP contribution in [0.1, 0.15) is 22.8 Å². The summed E-state index contributed by atoms with van der Waals surface area (Å²) in [6, 6.07) is 14.1. The van der Waals surface area contributed by atoms with Crippen molar-refractivity contribution in [3.63, 3.8) is 0 Å². The first-order valence-corrected chi connectivity index (χ1v) is 6.45. The Bertz CT molecular complexity index is 646. The smallest absolute Gasteiger partial charge is 0.271 e. The Balaban J connectivity index is 2.04. The zero-order valence-electron chi connectivity index (χ0n) is 12.0. The van der Waals surface area contributed by atoms with Gasteiger partial charge in [-0.15, -0.1) is 0 Å². The van der Waals surface area contributed by atoms with Gasteiger partial charge in [-0.05, 0) is 48.9 Å². The molecule has 108 valence electrons. The number of amides is 1. The summed E-state index contributed by atoms with van der Waals surface area (Å²) in [4.78, 5) is 12.0. The number of rotatable bonds is 4. The molecule has 0 heterocycles. The molecule has 21 heavy (non-hydrogen) atoms. The van der Waals surface area contributed by atoms with Crippen LogP contribution in [0.3, 0.4) is 0 Å². The highest BCUT2D eigenvalue weighted by Crippen LogP contribution is 2.11. The van der Waals surface area contributed by atoms with Gasteiger partial charge in [-0.3, -0.25) is 4.79 Å². The van der Waals surface area contributed by atoms with E-state index >= 15 is 0 Å². The third-order valence-electron chi connectivity index (χ3n) is 3.01. The van der Waals surface area contributed by atoms with E-state index in [1.165, 1.54) is 0 Å². The van der Waals surface area contributed by atoms with Gasteiger partial charge in [-0.2, -0.15) is 5.10 Å². The lowest BCUT2D eigenvalue weighted by atomic mass is 10.1. The lowest BCUT2D eigenvalue weighted by molar-refractivity contribution is 0.0955. The number of hydrazone groups is 1. The standard InChI is InChI=1S/C16H17N3O2/c1-11(12-3-7-14(17)8-4-12)18-19-16(20)13-5-9-15(21-2)10-6-13/h3-10H,17H2,1-2H3,(H,19,20)/b18-11+. The molecule has 0 aliphatic rings. The highest BCUT2D eigenvalue weighted by molar-refractivity contribution is 6.01. The van der Waals surface area contributed by atoms with Crippen LogP contribution >= 0.6 is 0 Å². The zero-order valence-corrected chi connectivity index (χ0v) is 12.0. The molecule has 0 aliphatic carbocycles. The minimum Gasteiger partial charge on any atom is -0.497 e. The molecule has 3 N–H and O–H groups in total. The van der Waals surface area contributed by atoms with Gasteiger partial charge in [0.1, 0.15) is 5.75 Å². The number of hydrogen-bond acceptors (Lipinski definition) is 4. The Hall–Kier alpha value is -2.82. The monoisotopic (exact) mass is 283 g/mol. The fourth-order valence-corrected chi connectivity index (χ4v) is 1.73. The van der Waals surface area contributed by atoms with Gasteiger partial charge in [-0.1, -0.05) is 12.1 Å². The molecule has 2 rings (SSSR count). The minimum atomic E-state index is -0.271. The van der Waals surface area contributed by atoms with Gasteiger partial charge >= 0.3 is 0 Å². The molecule has 0 unspecified atom stereocenters. The molecular weight excluding hydrogens is 266 g/mol. The third-order valence-corrected chi connectivity index (χ3v) is 3.01. The summed E-state index contributed by atoms with van der Waals surface area (Å²) in [7, 11) is 1.58. The van der Waals surface area contributed by atoms with Gasteiger partial charge in [0, 0.05) is 11.3 Å². The van der Waals surface area contributed by atoms with Gasteiger partial charge in [0.05, 0.1) is 12.8 Å². The number of carbonyl (C=O) groups is 1. The van der Waals surface area contributed by atoms with Crippen LogP contribution in [-0.2, 0) is 0 Å². The van der Waals surface area contributed by atoms with E-state index in [1.807, 2.05) is 19.1 Å². The van der Waals surface area contributed by atoms with Crippen LogP contribution in [0.2, 0.25) is 0 Å². The molecule has 5 nitrogen and oxygen atoms in total. The molecule has 2 aromatic carbocycles. The number of methoxy groups -OCH3 is 1. The fraction of sp³-hybridized carbons (Fsp3) is 0.125. The van der Waals surface area contributed by atoms with Crippen LogP contribution in [0, 0.1) is 0 Å². The molecule has 5 heteroatoms. The summed E-state index contributed by atoms with van der Waals surface area (Å²) < 4.78 is 5.05. The number of ether oxygens (including phenoxy) is 1. The Labute approximate surface area is 123 Å². The molecule has 0 fully saturated rings. The molecule has 0 bridgehead atoms. The fourth-order valence-electron chi connectivity index (χ4n) is 1.73. The number of nitrogen functional groups attached to an aromatic ring is 1. The molecule has 2 aromatic rings. The van der Waals surface area contributed by atoms with Gasteiger partial charge in [-0.25, -0.2) is 5.43 Å². The van der Waals surface area contributed by atoms with E-state index in [0.29, 0.717) is 22.7 Å². The number of nitrogens with zero attached hydrogens (tertiary/aromatic N) is 1. The first-order chi connectivity index (χ1) is 10.1. The van der Waals surface area contributed by atoms with Crippen molar-refractivity contribution in [2.75, 3.05) is 12.8 Å². The van der Waals surface area contributed by atoms with Crippen molar-refractivity contribution in [3.8, 4) is 5.75 Å². The zero-order chi connectivity index (χ0) is 15.2. The quantitative estimate of drug-likeness (QED) is 0.514. The lowest BCUT2D eigenvalue weighted by Crippen LogP contribution is -2.19. The summed E-state index contributed by atoms with van der Waals surface area (Å²) >= 11 is 0. The third kappa shape index (κ3) is 3.82. The van der Waals surface area contributed by atoms with Crippen LogP contribution in [0.5, 0.6) is 5.75 Å². The lowest BCUT2D eigenvalue weighted by Gasteiger charge is -2.04. The normalized spacial score (nSPS) is 11.0. The van der Waals surface area contributed by atoms with Crippen molar-refractivity contribution in [1.82, 2.24) is 5.43 Å². The molecule has 0 atom stereocenters. The van der Waals surface area contributed by atoms with Gasteiger partial charge in [0.25, 0.3) is 5.91 Å². The minimum absolute atomic E-state index is 0.271. The molecule has 1 amide bonds. The Morgan fingerprint density at radius 2 is 1.62 bits per heavy atom. The van der Waals surface area contributed by atoms with E-state index in [-0.39, 0.29) is 5.91 Å².